The summed E-state index contributed by atoms with van der Waals surface area (Å²) in [5.41, 5.74) is 0.868. The van der Waals surface area contributed by atoms with Gasteiger partial charge in [-0.2, -0.15) is 0 Å². The maximum atomic E-state index is 13.5. The van der Waals surface area contributed by atoms with Gasteiger partial charge in [0.15, 0.2) is 9.84 Å². The molecule has 4 rings (SSSR count). The van der Waals surface area contributed by atoms with Crippen molar-refractivity contribution in [1.82, 2.24) is 4.90 Å². The van der Waals surface area contributed by atoms with Crippen LogP contribution in [0.5, 0.6) is 0 Å². The van der Waals surface area contributed by atoms with Crippen molar-refractivity contribution in [2.45, 2.75) is 19.0 Å². The van der Waals surface area contributed by atoms with Gasteiger partial charge in [-0.3, -0.25) is 4.79 Å². The van der Waals surface area contributed by atoms with E-state index in [1.807, 2.05) is 12.1 Å². The fourth-order valence-electron chi connectivity index (χ4n) is 3.48. The van der Waals surface area contributed by atoms with Crippen LogP contribution in [0.2, 0.25) is 15.1 Å². The number of amides is 1. The van der Waals surface area contributed by atoms with E-state index in [0.29, 0.717) is 26.4 Å². The van der Waals surface area contributed by atoms with Gasteiger partial charge >= 0.3 is 0 Å². The number of thiophene rings is 1. The minimum atomic E-state index is -3.16. The van der Waals surface area contributed by atoms with Crippen LogP contribution in [0.3, 0.4) is 0 Å². The first kappa shape index (κ1) is 20.9. The number of halogens is 3. The van der Waals surface area contributed by atoms with Crippen LogP contribution in [0.25, 0.3) is 10.1 Å². The largest absolute Gasteiger partial charge is 0.330 e. The summed E-state index contributed by atoms with van der Waals surface area (Å²) < 4.78 is 24.9. The second-order valence-corrected chi connectivity index (χ2v) is 11.5. The molecule has 0 radical (unpaired) electrons. The molecule has 4 nitrogen and oxygen atoms in total. The number of fused-ring (bicyclic) bond motifs is 1. The van der Waals surface area contributed by atoms with Crippen LogP contribution in [0.15, 0.2) is 42.5 Å². The van der Waals surface area contributed by atoms with Crippen LogP contribution in [0, 0.1) is 0 Å². The Morgan fingerprint density at radius 3 is 2.41 bits per heavy atom. The second-order valence-electron chi connectivity index (χ2n) is 7.00. The molecule has 9 heteroatoms. The minimum Gasteiger partial charge on any atom is -0.330 e. The first-order valence-electron chi connectivity index (χ1n) is 8.87. The number of nitrogens with zero attached hydrogens (tertiary/aromatic N) is 1. The lowest BCUT2D eigenvalue weighted by Gasteiger charge is -2.28. The molecule has 1 amide bonds. The third kappa shape index (κ3) is 4.42. The van der Waals surface area contributed by atoms with Crippen LogP contribution in [-0.2, 0) is 16.4 Å². The van der Waals surface area contributed by atoms with Gasteiger partial charge in [0.25, 0.3) is 5.91 Å². The van der Waals surface area contributed by atoms with Crippen molar-refractivity contribution in [2.24, 2.45) is 0 Å². The van der Waals surface area contributed by atoms with E-state index >= 15 is 0 Å². The van der Waals surface area contributed by atoms with Crippen LogP contribution in [0.1, 0.15) is 21.7 Å². The summed E-state index contributed by atoms with van der Waals surface area (Å²) in [6.07, 6.45) is 0.413. The minimum absolute atomic E-state index is 0.0410. The fraction of sp³-hybridized carbons (Fsp3) is 0.250. The van der Waals surface area contributed by atoms with E-state index in [1.54, 1.807) is 35.2 Å². The monoisotopic (exact) mass is 487 g/mol. The standard InChI is InChI=1S/C20H16Cl3NO3S2/c21-13-3-1-12(2-4-13)10-24(15-7-8-29(26,27)11-15)20(25)19-18(23)16-6-5-14(22)9-17(16)28-19/h1-6,9,15H,7-8,10-11H2/t15-/m1/s1. The average Bonchev–Trinajstić information content (AvgIpc) is 3.19. The van der Waals surface area contributed by atoms with Gasteiger partial charge < -0.3 is 4.90 Å². The fourth-order valence-corrected chi connectivity index (χ4v) is 7.08. The summed E-state index contributed by atoms with van der Waals surface area (Å²) in [6, 6.07) is 12.1. The van der Waals surface area contributed by atoms with Crippen molar-refractivity contribution >= 4 is 72.0 Å². The number of sulfone groups is 1. The summed E-state index contributed by atoms with van der Waals surface area (Å²) in [6.45, 7) is 0.279. The van der Waals surface area contributed by atoms with E-state index in [1.165, 1.54) is 11.3 Å². The molecule has 0 saturated carbocycles. The lowest BCUT2D eigenvalue weighted by molar-refractivity contribution is 0.0686. The van der Waals surface area contributed by atoms with Crippen molar-refractivity contribution in [2.75, 3.05) is 11.5 Å². The van der Waals surface area contributed by atoms with Crippen molar-refractivity contribution in [3.63, 3.8) is 0 Å². The molecule has 0 bridgehead atoms. The van der Waals surface area contributed by atoms with E-state index in [-0.39, 0.29) is 24.0 Å². The average molecular weight is 489 g/mol. The van der Waals surface area contributed by atoms with Crippen LogP contribution in [0.4, 0.5) is 0 Å². The van der Waals surface area contributed by atoms with Crippen LogP contribution in [-0.4, -0.2) is 36.8 Å². The Morgan fingerprint density at radius 1 is 1.07 bits per heavy atom. The van der Waals surface area contributed by atoms with Crippen molar-refractivity contribution < 1.29 is 13.2 Å². The number of rotatable bonds is 4. The molecule has 0 N–H and O–H groups in total. The Hall–Kier alpha value is -1.31. The zero-order valence-corrected chi connectivity index (χ0v) is 19.0. The van der Waals surface area contributed by atoms with Gasteiger partial charge in [-0.1, -0.05) is 53.0 Å². The first-order chi connectivity index (χ1) is 13.7. The summed E-state index contributed by atoms with van der Waals surface area (Å²) in [7, 11) is -3.16. The van der Waals surface area contributed by atoms with E-state index in [4.69, 9.17) is 34.8 Å². The summed E-state index contributed by atoms with van der Waals surface area (Å²) >= 11 is 19.8. The van der Waals surface area contributed by atoms with Crippen molar-refractivity contribution in [3.05, 3.63) is 68.0 Å². The molecule has 2 heterocycles. The van der Waals surface area contributed by atoms with Gasteiger partial charge in [0.2, 0.25) is 0 Å². The third-order valence-corrected chi connectivity index (χ3v) is 8.84. The van der Waals surface area contributed by atoms with E-state index in [2.05, 4.69) is 0 Å². The molecule has 0 aliphatic carbocycles. The quantitative estimate of drug-likeness (QED) is 0.474. The number of carbonyl (C=O) groups is 1. The molecule has 152 valence electrons. The Balaban J connectivity index is 1.73. The van der Waals surface area contributed by atoms with E-state index in [0.717, 1.165) is 15.6 Å². The number of hydrogen-bond acceptors (Lipinski definition) is 4. The number of benzene rings is 2. The maximum absolute atomic E-state index is 13.5. The lowest BCUT2D eigenvalue weighted by Crippen LogP contribution is -2.40. The first-order valence-corrected chi connectivity index (χ1v) is 12.6. The molecule has 2 aromatic carbocycles. The highest BCUT2D eigenvalue weighted by Gasteiger charge is 2.36. The van der Waals surface area contributed by atoms with Crippen LogP contribution < -0.4 is 0 Å². The van der Waals surface area contributed by atoms with Gasteiger partial charge in [0.05, 0.1) is 16.5 Å². The molecule has 1 aromatic heterocycles. The Labute approximate surface area is 187 Å². The maximum Gasteiger partial charge on any atom is 0.266 e. The molecular weight excluding hydrogens is 473 g/mol. The van der Waals surface area contributed by atoms with Crippen molar-refractivity contribution in [3.8, 4) is 0 Å². The van der Waals surface area contributed by atoms with E-state index < -0.39 is 15.9 Å². The number of carbonyl (C=O) groups excluding carboxylic acids is 1. The zero-order chi connectivity index (χ0) is 20.8. The molecule has 1 fully saturated rings. The Kier molecular flexibility index (Phi) is 5.84. The molecule has 3 aromatic rings. The summed E-state index contributed by atoms with van der Waals surface area (Å²) in [5, 5.41) is 2.29. The lowest BCUT2D eigenvalue weighted by atomic mass is 10.1. The predicted octanol–water partition coefficient (Wildman–Crippen LogP) is 5.69. The summed E-state index contributed by atoms with van der Waals surface area (Å²) in [5.74, 6) is -0.234. The zero-order valence-electron chi connectivity index (χ0n) is 15.1. The van der Waals surface area contributed by atoms with Gasteiger partial charge in [-0.15, -0.1) is 11.3 Å². The van der Waals surface area contributed by atoms with Gasteiger partial charge in [0.1, 0.15) is 4.88 Å². The molecular formula is C20H16Cl3NO3S2. The Bertz CT molecular complexity index is 1190. The van der Waals surface area contributed by atoms with Crippen molar-refractivity contribution in [1.29, 1.82) is 0 Å². The SMILES string of the molecule is O=C(c1sc2cc(Cl)ccc2c1Cl)N(Cc1ccc(Cl)cc1)[C@@H]1CCS(=O)(=O)C1. The highest BCUT2D eigenvalue weighted by atomic mass is 35.5. The number of hydrogen-bond donors (Lipinski definition) is 0. The highest BCUT2D eigenvalue weighted by Crippen LogP contribution is 2.38. The molecule has 1 aliphatic heterocycles. The third-order valence-electron chi connectivity index (χ3n) is 4.96. The summed E-state index contributed by atoms with van der Waals surface area (Å²) in [4.78, 5) is 15.5. The molecule has 1 aliphatic rings. The molecule has 0 spiro atoms. The smallest absolute Gasteiger partial charge is 0.266 e. The highest BCUT2D eigenvalue weighted by molar-refractivity contribution is 7.91. The molecule has 1 atom stereocenters. The van der Waals surface area contributed by atoms with Crippen LogP contribution >= 0.6 is 46.1 Å². The molecule has 0 unspecified atom stereocenters. The second kappa shape index (κ2) is 8.08. The van der Waals surface area contributed by atoms with Gasteiger partial charge in [-0.05, 0) is 36.2 Å². The topological polar surface area (TPSA) is 54.5 Å². The Morgan fingerprint density at radius 2 is 1.76 bits per heavy atom. The molecule has 29 heavy (non-hydrogen) atoms. The van der Waals surface area contributed by atoms with Gasteiger partial charge in [0, 0.05) is 32.7 Å². The predicted molar refractivity (Wildman–Crippen MR) is 120 cm³/mol. The normalized spacial score (nSPS) is 18.2. The van der Waals surface area contributed by atoms with E-state index in [9.17, 15) is 13.2 Å². The molecule has 1 saturated heterocycles. The van der Waals surface area contributed by atoms with Gasteiger partial charge in [-0.25, -0.2) is 8.42 Å².